The Hall–Kier alpha value is -1.46. The molecule has 9 heteroatoms. The summed E-state index contributed by atoms with van der Waals surface area (Å²) < 4.78 is 24.5. The van der Waals surface area contributed by atoms with Crippen molar-refractivity contribution < 1.29 is 18.7 Å². The van der Waals surface area contributed by atoms with Crippen LogP contribution in [0.2, 0.25) is 0 Å². The summed E-state index contributed by atoms with van der Waals surface area (Å²) in [5.41, 5.74) is 0.836. The van der Waals surface area contributed by atoms with Gasteiger partial charge in [-0.15, -0.1) is 24.0 Å². The average Bonchev–Trinajstić information content (AvgIpc) is 3.20. The van der Waals surface area contributed by atoms with E-state index >= 15 is 0 Å². The molecule has 3 N–H and O–H groups in total. The Morgan fingerprint density at radius 3 is 2.79 bits per heavy atom. The molecule has 1 aliphatic rings. The van der Waals surface area contributed by atoms with Crippen LogP contribution in [0, 0.1) is 12.7 Å². The number of aliphatic imine (C=N–C) groups is 1. The number of nitrogens with one attached hydrogen (secondary N) is 3. The normalized spacial score (nSPS) is 16.2. The molecular formula is C20H32FIN4O3. The van der Waals surface area contributed by atoms with Gasteiger partial charge in [-0.3, -0.25) is 9.79 Å². The van der Waals surface area contributed by atoms with Crippen LogP contribution in [-0.2, 0) is 9.47 Å². The molecule has 1 amide bonds. The summed E-state index contributed by atoms with van der Waals surface area (Å²) in [5, 5.41) is 9.10. The van der Waals surface area contributed by atoms with E-state index in [4.69, 9.17) is 9.47 Å². The summed E-state index contributed by atoms with van der Waals surface area (Å²) in [4.78, 5) is 16.6. The summed E-state index contributed by atoms with van der Waals surface area (Å²) >= 11 is 0. The molecule has 0 bridgehead atoms. The molecule has 2 rings (SSSR count). The van der Waals surface area contributed by atoms with Gasteiger partial charge in [0.15, 0.2) is 5.96 Å². The molecule has 1 atom stereocenters. The molecule has 1 aromatic carbocycles. The maximum atomic E-state index is 13.5. The van der Waals surface area contributed by atoms with Crippen LogP contribution in [0.1, 0.15) is 35.7 Å². The lowest BCUT2D eigenvalue weighted by atomic mass is 10.1. The number of halogens is 2. The van der Waals surface area contributed by atoms with Gasteiger partial charge in [0.05, 0.1) is 12.7 Å². The van der Waals surface area contributed by atoms with E-state index in [1.54, 1.807) is 19.1 Å². The van der Waals surface area contributed by atoms with Crippen LogP contribution in [0.3, 0.4) is 0 Å². The van der Waals surface area contributed by atoms with E-state index in [0.29, 0.717) is 49.9 Å². The first-order chi connectivity index (χ1) is 13.6. The molecule has 0 aliphatic carbocycles. The Kier molecular flexibility index (Phi) is 12.8. The first-order valence-electron chi connectivity index (χ1n) is 9.86. The molecule has 1 aliphatic heterocycles. The zero-order chi connectivity index (χ0) is 20.2. The fourth-order valence-corrected chi connectivity index (χ4v) is 2.68. The fraction of sp³-hybridized carbons (Fsp3) is 0.600. The van der Waals surface area contributed by atoms with Crippen LogP contribution in [0.5, 0.6) is 0 Å². The van der Waals surface area contributed by atoms with Gasteiger partial charge < -0.3 is 25.4 Å². The summed E-state index contributed by atoms with van der Waals surface area (Å²) in [5.74, 6) is 0.0230. The van der Waals surface area contributed by atoms with Crippen LogP contribution < -0.4 is 16.0 Å². The predicted octanol–water partition coefficient (Wildman–Crippen LogP) is 2.23. The predicted molar refractivity (Wildman–Crippen MR) is 123 cm³/mol. The van der Waals surface area contributed by atoms with Crippen LogP contribution in [0.15, 0.2) is 23.2 Å². The number of carbonyl (C=O) groups is 1. The van der Waals surface area contributed by atoms with Crippen LogP contribution >= 0.6 is 24.0 Å². The quantitative estimate of drug-likeness (QED) is 0.190. The Morgan fingerprint density at radius 1 is 1.31 bits per heavy atom. The van der Waals surface area contributed by atoms with Gasteiger partial charge in [0, 0.05) is 45.0 Å². The number of ether oxygens (including phenoxy) is 2. The van der Waals surface area contributed by atoms with Crippen LogP contribution in [-0.4, -0.2) is 64.0 Å². The zero-order valence-corrected chi connectivity index (χ0v) is 19.5. The van der Waals surface area contributed by atoms with E-state index < -0.39 is 0 Å². The second kappa shape index (κ2) is 14.5. The number of hydrogen-bond donors (Lipinski definition) is 3. The second-order valence-corrected chi connectivity index (χ2v) is 6.62. The van der Waals surface area contributed by atoms with Crippen molar-refractivity contribution in [1.29, 1.82) is 0 Å². The van der Waals surface area contributed by atoms with E-state index in [9.17, 15) is 9.18 Å². The van der Waals surface area contributed by atoms with E-state index in [-0.39, 0.29) is 41.8 Å². The van der Waals surface area contributed by atoms with E-state index in [1.165, 1.54) is 6.07 Å². The standard InChI is InChI=1S/C20H31FN4O3.HI/c1-3-22-20(24-8-4-11-28-17-7-12-27-14-17)25-10-9-23-19(26)16-6-5-15(2)18(21)13-16;/h5-6,13,17H,3-4,7-12,14H2,1-2H3,(H,23,26)(H2,22,24,25);1H. The van der Waals surface area contributed by atoms with Gasteiger partial charge in [0.25, 0.3) is 5.91 Å². The SMILES string of the molecule is CCNC(=NCCCOC1CCOC1)NCCNC(=O)c1ccc(C)c(F)c1.I. The monoisotopic (exact) mass is 522 g/mol. The van der Waals surface area contributed by atoms with Gasteiger partial charge >= 0.3 is 0 Å². The van der Waals surface area contributed by atoms with Gasteiger partial charge in [-0.25, -0.2) is 4.39 Å². The van der Waals surface area contributed by atoms with Gasteiger partial charge in [0.2, 0.25) is 0 Å². The van der Waals surface area contributed by atoms with E-state index in [0.717, 1.165) is 26.0 Å². The number of carbonyl (C=O) groups excluding carboxylic acids is 1. The number of benzene rings is 1. The largest absolute Gasteiger partial charge is 0.379 e. The van der Waals surface area contributed by atoms with Crippen molar-refractivity contribution in [2.75, 3.05) is 46.0 Å². The van der Waals surface area contributed by atoms with Crippen molar-refractivity contribution in [1.82, 2.24) is 16.0 Å². The zero-order valence-electron chi connectivity index (χ0n) is 17.1. The Morgan fingerprint density at radius 2 is 2.10 bits per heavy atom. The molecular weight excluding hydrogens is 490 g/mol. The van der Waals surface area contributed by atoms with E-state index in [2.05, 4.69) is 20.9 Å². The lowest BCUT2D eigenvalue weighted by Crippen LogP contribution is -2.41. The molecule has 1 unspecified atom stereocenters. The smallest absolute Gasteiger partial charge is 0.251 e. The highest BCUT2D eigenvalue weighted by Gasteiger charge is 2.15. The minimum Gasteiger partial charge on any atom is -0.379 e. The first kappa shape index (κ1) is 25.6. The summed E-state index contributed by atoms with van der Waals surface area (Å²) in [7, 11) is 0. The van der Waals surface area contributed by atoms with Crippen molar-refractivity contribution in [3.05, 3.63) is 35.1 Å². The highest BCUT2D eigenvalue weighted by molar-refractivity contribution is 14.0. The lowest BCUT2D eigenvalue weighted by molar-refractivity contribution is 0.0424. The Balaban J connectivity index is 0.00000420. The van der Waals surface area contributed by atoms with Gasteiger partial charge in [0.1, 0.15) is 5.82 Å². The molecule has 0 saturated carbocycles. The average molecular weight is 522 g/mol. The number of guanidine groups is 1. The second-order valence-electron chi connectivity index (χ2n) is 6.62. The maximum Gasteiger partial charge on any atom is 0.251 e. The molecule has 1 heterocycles. The molecule has 29 heavy (non-hydrogen) atoms. The molecule has 1 aromatic rings. The molecule has 164 valence electrons. The number of rotatable bonds is 10. The van der Waals surface area contributed by atoms with Gasteiger partial charge in [-0.2, -0.15) is 0 Å². The maximum absolute atomic E-state index is 13.5. The van der Waals surface area contributed by atoms with Crippen molar-refractivity contribution in [3.8, 4) is 0 Å². The number of aryl methyl sites for hydroxylation is 1. The molecule has 0 aromatic heterocycles. The molecule has 0 radical (unpaired) electrons. The third kappa shape index (κ3) is 9.72. The minimum absolute atomic E-state index is 0. The first-order valence-corrected chi connectivity index (χ1v) is 9.86. The van der Waals surface area contributed by atoms with Gasteiger partial charge in [-0.1, -0.05) is 6.07 Å². The third-order valence-electron chi connectivity index (χ3n) is 4.30. The topological polar surface area (TPSA) is 84.0 Å². The Bertz CT molecular complexity index is 655. The summed E-state index contributed by atoms with van der Waals surface area (Å²) in [6.45, 7) is 8.12. The number of hydrogen-bond acceptors (Lipinski definition) is 4. The van der Waals surface area contributed by atoms with Crippen molar-refractivity contribution in [2.24, 2.45) is 4.99 Å². The molecule has 1 fully saturated rings. The Labute approximate surface area is 189 Å². The van der Waals surface area contributed by atoms with Crippen molar-refractivity contribution in [3.63, 3.8) is 0 Å². The highest BCUT2D eigenvalue weighted by Crippen LogP contribution is 2.09. The molecule has 1 saturated heterocycles. The summed E-state index contributed by atoms with van der Waals surface area (Å²) in [6.07, 6.45) is 2.03. The highest BCUT2D eigenvalue weighted by atomic mass is 127. The lowest BCUT2D eigenvalue weighted by Gasteiger charge is -2.12. The minimum atomic E-state index is -0.378. The van der Waals surface area contributed by atoms with Crippen LogP contribution in [0.4, 0.5) is 4.39 Å². The van der Waals surface area contributed by atoms with E-state index in [1.807, 2.05) is 6.92 Å². The van der Waals surface area contributed by atoms with Crippen molar-refractivity contribution >= 4 is 35.8 Å². The molecule has 0 spiro atoms. The number of amides is 1. The van der Waals surface area contributed by atoms with Gasteiger partial charge in [-0.05, 0) is 44.4 Å². The van der Waals surface area contributed by atoms with Crippen LogP contribution in [0.25, 0.3) is 0 Å². The fourth-order valence-electron chi connectivity index (χ4n) is 2.68. The number of nitrogens with zero attached hydrogens (tertiary/aromatic N) is 1. The summed E-state index contributed by atoms with van der Waals surface area (Å²) in [6, 6.07) is 4.47. The van der Waals surface area contributed by atoms with Crippen molar-refractivity contribution in [2.45, 2.75) is 32.8 Å². The third-order valence-corrected chi connectivity index (χ3v) is 4.30. The molecule has 7 nitrogen and oxygen atoms in total.